The first kappa shape index (κ1) is 7.39. The van der Waals surface area contributed by atoms with E-state index in [2.05, 4.69) is 34.9 Å². The van der Waals surface area contributed by atoms with Gasteiger partial charge in [0.2, 0.25) is 0 Å². The highest BCUT2D eigenvalue weighted by molar-refractivity contribution is 5.57. The lowest BCUT2D eigenvalue weighted by atomic mass is 9.84. The van der Waals surface area contributed by atoms with Gasteiger partial charge in [-0.25, -0.2) is 0 Å². The van der Waals surface area contributed by atoms with E-state index in [-0.39, 0.29) is 0 Å². The van der Waals surface area contributed by atoms with Gasteiger partial charge in [-0.3, -0.25) is 0 Å². The number of benzene rings is 1. The van der Waals surface area contributed by atoms with Crippen molar-refractivity contribution < 1.29 is 0 Å². The van der Waals surface area contributed by atoms with Crippen LogP contribution < -0.4 is 10.6 Å². The molecule has 0 aliphatic carbocycles. The van der Waals surface area contributed by atoms with E-state index in [1.165, 1.54) is 24.3 Å². The Morgan fingerprint density at radius 2 is 1.92 bits per heavy atom. The van der Waals surface area contributed by atoms with Crippen molar-refractivity contribution in [3.8, 4) is 0 Å². The number of nitrogens with one attached hydrogen (secondary N) is 2. The Morgan fingerprint density at radius 1 is 1.08 bits per heavy atom. The Kier molecular flexibility index (Phi) is 1.56. The molecular formula is C11H14N2. The van der Waals surface area contributed by atoms with Crippen LogP contribution in [-0.2, 0) is 0 Å². The van der Waals surface area contributed by atoms with Crippen molar-refractivity contribution in [2.24, 2.45) is 5.92 Å². The second-order valence-electron chi connectivity index (χ2n) is 3.99. The van der Waals surface area contributed by atoms with Gasteiger partial charge in [-0.15, -0.1) is 0 Å². The van der Waals surface area contributed by atoms with Crippen LogP contribution in [0.1, 0.15) is 11.5 Å². The summed E-state index contributed by atoms with van der Waals surface area (Å²) in [5.41, 5.74) is 2.87. The summed E-state index contributed by atoms with van der Waals surface area (Å²) in [5, 5.41) is 6.81. The van der Waals surface area contributed by atoms with Crippen molar-refractivity contribution >= 4 is 5.69 Å². The molecule has 2 aliphatic heterocycles. The SMILES string of the molecule is c1ccc2c(c1)NCC2C1CNC1. The van der Waals surface area contributed by atoms with E-state index >= 15 is 0 Å². The lowest BCUT2D eigenvalue weighted by molar-refractivity contribution is 0.303. The van der Waals surface area contributed by atoms with Crippen molar-refractivity contribution in [3.63, 3.8) is 0 Å². The van der Waals surface area contributed by atoms with Crippen LogP contribution >= 0.6 is 0 Å². The van der Waals surface area contributed by atoms with Gasteiger partial charge in [0, 0.05) is 18.2 Å². The fourth-order valence-corrected chi connectivity index (χ4v) is 2.33. The van der Waals surface area contributed by atoms with E-state index in [0.717, 1.165) is 18.4 Å². The second-order valence-corrected chi connectivity index (χ2v) is 3.99. The summed E-state index contributed by atoms with van der Waals surface area (Å²) >= 11 is 0. The van der Waals surface area contributed by atoms with Gasteiger partial charge >= 0.3 is 0 Å². The largest absolute Gasteiger partial charge is 0.384 e. The Labute approximate surface area is 78.3 Å². The molecule has 1 aromatic rings. The monoisotopic (exact) mass is 174 g/mol. The Bertz CT molecular complexity index is 318. The molecule has 0 saturated carbocycles. The van der Waals surface area contributed by atoms with E-state index in [1.54, 1.807) is 0 Å². The van der Waals surface area contributed by atoms with Gasteiger partial charge < -0.3 is 10.6 Å². The molecule has 0 bridgehead atoms. The molecule has 1 saturated heterocycles. The zero-order valence-electron chi connectivity index (χ0n) is 7.59. The van der Waals surface area contributed by atoms with Gasteiger partial charge in [0.1, 0.15) is 0 Å². The molecule has 1 atom stereocenters. The van der Waals surface area contributed by atoms with Gasteiger partial charge in [-0.2, -0.15) is 0 Å². The summed E-state index contributed by atoms with van der Waals surface area (Å²) in [6.07, 6.45) is 0. The average Bonchev–Trinajstić information content (AvgIpc) is 2.47. The van der Waals surface area contributed by atoms with Crippen LogP contribution in [0.4, 0.5) is 5.69 Å². The molecule has 2 heterocycles. The highest BCUT2D eigenvalue weighted by atomic mass is 15.0. The van der Waals surface area contributed by atoms with Gasteiger partial charge in [-0.05, 0) is 30.6 Å². The van der Waals surface area contributed by atoms with E-state index in [1.807, 2.05) is 0 Å². The number of anilines is 1. The number of hydrogen-bond acceptors (Lipinski definition) is 2. The third-order valence-electron chi connectivity index (χ3n) is 3.25. The standard InChI is InChI=1S/C11H14N2/c1-2-4-11-9(3-1)10(7-13-11)8-5-12-6-8/h1-4,8,10,12-13H,5-7H2. The Hall–Kier alpha value is -1.02. The maximum absolute atomic E-state index is 3.47. The molecule has 68 valence electrons. The topological polar surface area (TPSA) is 24.1 Å². The predicted molar refractivity (Wildman–Crippen MR) is 54.0 cm³/mol. The maximum atomic E-state index is 3.47. The number of hydrogen-bond donors (Lipinski definition) is 2. The highest BCUT2D eigenvalue weighted by Gasteiger charge is 2.32. The lowest BCUT2D eigenvalue weighted by Gasteiger charge is -2.32. The Morgan fingerprint density at radius 3 is 2.69 bits per heavy atom. The van der Waals surface area contributed by atoms with Crippen LogP contribution in [0.5, 0.6) is 0 Å². The lowest BCUT2D eigenvalue weighted by Crippen LogP contribution is -2.45. The molecule has 2 aliphatic rings. The van der Waals surface area contributed by atoms with Crippen molar-refractivity contribution in [2.45, 2.75) is 5.92 Å². The second kappa shape index (κ2) is 2.74. The number of para-hydroxylation sites is 1. The van der Waals surface area contributed by atoms with Crippen molar-refractivity contribution in [1.29, 1.82) is 0 Å². The average molecular weight is 174 g/mol. The summed E-state index contributed by atoms with van der Waals surface area (Å²) < 4.78 is 0. The van der Waals surface area contributed by atoms with E-state index in [9.17, 15) is 0 Å². The van der Waals surface area contributed by atoms with Crippen LogP contribution in [0.3, 0.4) is 0 Å². The molecule has 2 nitrogen and oxygen atoms in total. The van der Waals surface area contributed by atoms with Crippen LogP contribution in [0.25, 0.3) is 0 Å². The summed E-state index contributed by atoms with van der Waals surface area (Å²) in [6.45, 7) is 3.52. The minimum atomic E-state index is 0.748. The van der Waals surface area contributed by atoms with Crippen LogP contribution in [0.15, 0.2) is 24.3 Å². The van der Waals surface area contributed by atoms with Gasteiger partial charge in [0.25, 0.3) is 0 Å². The maximum Gasteiger partial charge on any atom is 0.0376 e. The highest BCUT2D eigenvalue weighted by Crippen LogP contribution is 2.37. The zero-order chi connectivity index (χ0) is 8.67. The molecule has 13 heavy (non-hydrogen) atoms. The molecule has 3 rings (SSSR count). The summed E-state index contributed by atoms with van der Waals surface area (Å²) in [4.78, 5) is 0. The fourth-order valence-electron chi connectivity index (χ4n) is 2.33. The quantitative estimate of drug-likeness (QED) is 0.672. The Balaban J connectivity index is 1.93. The molecule has 1 unspecified atom stereocenters. The van der Waals surface area contributed by atoms with Gasteiger partial charge in [0.05, 0.1) is 0 Å². The minimum absolute atomic E-state index is 0.748. The number of fused-ring (bicyclic) bond motifs is 1. The van der Waals surface area contributed by atoms with E-state index in [4.69, 9.17) is 0 Å². The number of rotatable bonds is 1. The van der Waals surface area contributed by atoms with E-state index < -0.39 is 0 Å². The van der Waals surface area contributed by atoms with E-state index in [0.29, 0.717) is 0 Å². The normalized spacial score (nSPS) is 26.3. The minimum Gasteiger partial charge on any atom is -0.384 e. The van der Waals surface area contributed by atoms with Gasteiger partial charge in [-0.1, -0.05) is 18.2 Å². The first-order chi connectivity index (χ1) is 6.45. The van der Waals surface area contributed by atoms with Crippen molar-refractivity contribution in [2.75, 3.05) is 25.0 Å². The summed E-state index contributed by atoms with van der Waals surface area (Å²) in [5.74, 6) is 1.61. The first-order valence-corrected chi connectivity index (χ1v) is 4.98. The van der Waals surface area contributed by atoms with Crippen molar-refractivity contribution in [1.82, 2.24) is 5.32 Å². The third-order valence-corrected chi connectivity index (χ3v) is 3.25. The van der Waals surface area contributed by atoms with Crippen LogP contribution in [-0.4, -0.2) is 19.6 Å². The van der Waals surface area contributed by atoms with Gasteiger partial charge in [0.15, 0.2) is 0 Å². The molecule has 0 radical (unpaired) electrons. The van der Waals surface area contributed by atoms with Crippen LogP contribution in [0.2, 0.25) is 0 Å². The van der Waals surface area contributed by atoms with Crippen molar-refractivity contribution in [3.05, 3.63) is 29.8 Å². The molecule has 2 N–H and O–H groups in total. The molecule has 1 aromatic carbocycles. The molecule has 0 aromatic heterocycles. The molecule has 0 amide bonds. The fraction of sp³-hybridized carbons (Fsp3) is 0.455. The summed E-state index contributed by atoms with van der Waals surface area (Å²) in [6, 6.07) is 8.69. The van der Waals surface area contributed by atoms with Crippen LogP contribution in [0, 0.1) is 5.92 Å². The summed E-state index contributed by atoms with van der Waals surface area (Å²) in [7, 11) is 0. The molecular weight excluding hydrogens is 160 g/mol. The smallest absolute Gasteiger partial charge is 0.0376 e. The molecule has 2 heteroatoms. The molecule has 0 spiro atoms. The first-order valence-electron chi connectivity index (χ1n) is 4.98. The third kappa shape index (κ3) is 1.05. The predicted octanol–water partition coefficient (Wildman–Crippen LogP) is 1.42. The zero-order valence-corrected chi connectivity index (χ0v) is 7.59. The molecule has 1 fully saturated rings.